The zero-order chi connectivity index (χ0) is 22.2. The van der Waals surface area contributed by atoms with Crippen molar-refractivity contribution in [2.24, 2.45) is 11.8 Å². The molecule has 5 heteroatoms. The van der Waals surface area contributed by atoms with Gasteiger partial charge in [-0.05, 0) is 49.8 Å². The number of rotatable bonds is 10. The molecule has 1 heterocycles. The lowest BCUT2D eigenvalue weighted by Gasteiger charge is -2.30. The van der Waals surface area contributed by atoms with Gasteiger partial charge in [-0.15, -0.1) is 0 Å². The Morgan fingerprint density at radius 3 is 2.35 bits per heavy atom. The first kappa shape index (κ1) is 23.1. The quantitative estimate of drug-likeness (QED) is 0.549. The van der Waals surface area contributed by atoms with E-state index in [0.29, 0.717) is 25.6 Å². The molecular weight excluding hydrogens is 388 g/mol. The Labute approximate surface area is 186 Å². The van der Waals surface area contributed by atoms with Gasteiger partial charge < -0.3 is 14.2 Å². The van der Waals surface area contributed by atoms with Crippen molar-refractivity contribution in [1.82, 2.24) is 9.80 Å². The summed E-state index contributed by atoms with van der Waals surface area (Å²) in [6, 6.07) is 14.0. The summed E-state index contributed by atoms with van der Waals surface area (Å²) < 4.78 is 5.74. The highest BCUT2D eigenvalue weighted by atomic mass is 16.3. The molecule has 1 saturated carbocycles. The lowest BCUT2D eigenvalue weighted by Crippen LogP contribution is -2.46. The first-order valence-corrected chi connectivity index (χ1v) is 11.6. The molecule has 0 radical (unpaired) electrons. The van der Waals surface area contributed by atoms with Crippen molar-refractivity contribution < 1.29 is 14.0 Å². The molecule has 1 aromatic carbocycles. The van der Waals surface area contributed by atoms with Crippen molar-refractivity contribution >= 4 is 11.8 Å². The highest BCUT2D eigenvalue weighted by molar-refractivity contribution is 5.86. The van der Waals surface area contributed by atoms with Gasteiger partial charge in [0.2, 0.25) is 11.8 Å². The lowest BCUT2D eigenvalue weighted by molar-refractivity contribution is -0.143. The minimum atomic E-state index is -0.0167. The molecule has 1 aromatic heterocycles. The number of aryl methyl sites for hydroxylation is 1. The summed E-state index contributed by atoms with van der Waals surface area (Å²) in [6.07, 6.45) is 4.89. The molecule has 0 bridgehead atoms. The van der Waals surface area contributed by atoms with E-state index in [1.54, 1.807) is 4.90 Å². The fraction of sp³-hybridized carbons (Fsp3) is 0.538. The second-order valence-electron chi connectivity index (χ2n) is 9.16. The molecule has 5 nitrogen and oxygen atoms in total. The zero-order valence-electron chi connectivity index (χ0n) is 19.2. The van der Waals surface area contributed by atoms with Crippen LogP contribution < -0.4 is 0 Å². The van der Waals surface area contributed by atoms with Crippen molar-refractivity contribution in [3.8, 4) is 0 Å². The van der Waals surface area contributed by atoms with Gasteiger partial charge in [0.25, 0.3) is 0 Å². The molecule has 0 spiro atoms. The Morgan fingerprint density at radius 2 is 1.74 bits per heavy atom. The number of benzene rings is 1. The summed E-state index contributed by atoms with van der Waals surface area (Å²) in [5, 5.41) is 0. The standard InChI is InChI=1S/C26H36N2O3/c1-20(2)17-28(26(30)23-11-7-8-12-23)19-25(29)27(18-24-14-13-21(3)31-24)16-15-22-9-5-4-6-10-22/h4-6,9-10,13-14,20,23H,7-8,11-12,15-19H2,1-3H3. The van der Waals surface area contributed by atoms with E-state index in [0.717, 1.165) is 43.6 Å². The Balaban J connectivity index is 1.71. The first-order valence-electron chi connectivity index (χ1n) is 11.6. The van der Waals surface area contributed by atoms with Gasteiger partial charge in [0.1, 0.15) is 11.5 Å². The number of amides is 2. The SMILES string of the molecule is Cc1ccc(CN(CCc2ccccc2)C(=O)CN(CC(C)C)C(=O)C2CCCC2)o1. The van der Waals surface area contributed by atoms with Crippen LogP contribution >= 0.6 is 0 Å². The molecule has 168 valence electrons. The topological polar surface area (TPSA) is 53.8 Å². The summed E-state index contributed by atoms with van der Waals surface area (Å²) in [5.74, 6) is 2.15. The molecule has 2 amide bonds. The van der Waals surface area contributed by atoms with E-state index in [2.05, 4.69) is 26.0 Å². The van der Waals surface area contributed by atoms with E-state index >= 15 is 0 Å². The molecule has 0 atom stereocenters. The Bertz CT molecular complexity index is 837. The van der Waals surface area contributed by atoms with Gasteiger partial charge in [-0.1, -0.05) is 57.0 Å². The molecule has 3 rings (SSSR count). The maximum atomic E-state index is 13.4. The van der Waals surface area contributed by atoms with E-state index in [9.17, 15) is 9.59 Å². The number of furan rings is 1. The van der Waals surface area contributed by atoms with Crippen molar-refractivity contribution in [2.75, 3.05) is 19.6 Å². The molecule has 1 aliphatic carbocycles. The maximum Gasteiger partial charge on any atom is 0.242 e. The normalized spacial score (nSPS) is 14.2. The average Bonchev–Trinajstić information content (AvgIpc) is 3.42. The minimum absolute atomic E-state index is 0.0167. The predicted molar refractivity (Wildman–Crippen MR) is 122 cm³/mol. The van der Waals surface area contributed by atoms with E-state index in [1.807, 2.05) is 42.2 Å². The van der Waals surface area contributed by atoms with Crippen molar-refractivity contribution in [1.29, 1.82) is 0 Å². The fourth-order valence-corrected chi connectivity index (χ4v) is 4.33. The zero-order valence-corrected chi connectivity index (χ0v) is 19.2. The minimum Gasteiger partial charge on any atom is -0.464 e. The van der Waals surface area contributed by atoms with Crippen LogP contribution in [0.1, 0.15) is 56.6 Å². The molecule has 0 saturated heterocycles. The highest BCUT2D eigenvalue weighted by Gasteiger charge is 2.30. The van der Waals surface area contributed by atoms with Gasteiger partial charge in [-0.3, -0.25) is 9.59 Å². The Morgan fingerprint density at radius 1 is 1.03 bits per heavy atom. The highest BCUT2D eigenvalue weighted by Crippen LogP contribution is 2.27. The summed E-state index contributed by atoms with van der Waals surface area (Å²) in [5.41, 5.74) is 1.19. The molecule has 0 N–H and O–H groups in total. The number of nitrogens with zero attached hydrogens (tertiary/aromatic N) is 2. The molecule has 2 aromatic rings. The average molecular weight is 425 g/mol. The summed E-state index contributed by atoms with van der Waals surface area (Å²) in [7, 11) is 0. The second kappa shape index (κ2) is 11.2. The molecule has 0 aliphatic heterocycles. The fourth-order valence-electron chi connectivity index (χ4n) is 4.33. The van der Waals surface area contributed by atoms with Crippen LogP contribution in [-0.4, -0.2) is 41.2 Å². The predicted octanol–water partition coefficient (Wildman–Crippen LogP) is 4.83. The van der Waals surface area contributed by atoms with E-state index in [-0.39, 0.29) is 24.3 Å². The van der Waals surface area contributed by atoms with E-state index in [4.69, 9.17) is 4.42 Å². The summed E-state index contributed by atoms with van der Waals surface area (Å²) >= 11 is 0. The van der Waals surface area contributed by atoms with Crippen LogP contribution in [0.3, 0.4) is 0 Å². The van der Waals surface area contributed by atoms with Gasteiger partial charge in [0.15, 0.2) is 0 Å². The first-order chi connectivity index (χ1) is 14.9. The third-order valence-corrected chi connectivity index (χ3v) is 5.94. The van der Waals surface area contributed by atoms with Crippen molar-refractivity contribution in [3.63, 3.8) is 0 Å². The summed E-state index contributed by atoms with van der Waals surface area (Å²) in [4.78, 5) is 30.1. The maximum absolute atomic E-state index is 13.4. The van der Waals surface area contributed by atoms with Gasteiger partial charge in [0, 0.05) is 19.0 Å². The lowest BCUT2D eigenvalue weighted by atomic mass is 10.1. The smallest absolute Gasteiger partial charge is 0.242 e. The van der Waals surface area contributed by atoms with E-state index < -0.39 is 0 Å². The van der Waals surface area contributed by atoms with Crippen molar-refractivity contribution in [2.45, 2.75) is 59.4 Å². The van der Waals surface area contributed by atoms with Crippen LogP contribution in [0, 0.1) is 18.8 Å². The van der Waals surface area contributed by atoms with Gasteiger partial charge >= 0.3 is 0 Å². The Kier molecular flexibility index (Phi) is 8.33. The number of carbonyl (C=O) groups is 2. The molecule has 31 heavy (non-hydrogen) atoms. The summed E-state index contributed by atoms with van der Waals surface area (Å²) in [6.45, 7) is 7.87. The molecule has 0 unspecified atom stereocenters. The van der Waals surface area contributed by atoms with Gasteiger partial charge in [-0.25, -0.2) is 0 Å². The van der Waals surface area contributed by atoms with Crippen LogP contribution in [0.5, 0.6) is 0 Å². The van der Waals surface area contributed by atoms with Gasteiger partial charge in [-0.2, -0.15) is 0 Å². The number of hydrogen-bond donors (Lipinski definition) is 0. The van der Waals surface area contributed by atoms with Crippen LogP contribution in [0.15, 0.2) is 46.9 Å². The van der Waals surface area contributed by atoms with Crippen LogP contribution in [0.25, 0.3) is 0 Å². The molecule has 1 aliphatic rings. The largest absolute Gasteiger partial charge is 0.464 e. The van der Waals surface area contributed by atoms with Crippen LogP contribution in [0.4, 0.5) is 0 Å². The number of carbonyl (C=O) groups excluding carboxylic acids is 2. The second-order valence-corrected chi connectivity index (χ2v) is 9.16. The van der Waals surface area contributed by atoms with E-state index in [1.165, 1.54) is 5.56 Å². The van der Waals surface area contributed by atoms with Crippen molar-refractivity contribution in [3.05, 3.63) is 59.5 Å². The third-order valence-electron chi connectivity index (χ3n) is 5.94. The monoisotopic (exact) mass is 424 g/mol. The van der Waals surface area contributed by atoms with Crippen LogP contribution in [-0.2, 0) is 22.6 Å². The van der Waals surface area contributed by atoms with Crippen LogP contribution in [0.2, 0.25) is 0 Å². The molecule has 1 fully saturated rings. The number of hydrogen-bond acceptors (Lipinski definition) is 3. The Hall–Kier alpha value is -2.56. The van der Waals surface area contributed by atoms with Gasteiger partial charge in [0.05, 0.1) is 13.1 Å². The third kappa shape index (κ3) is 6.98. The molecular formula is C26H36N2O3.